The Bertz CT molecular complexity index is 606. The number of anilines is 1. The van der Waals surface area contributed by atoms with Gasteiger partial charge in [-0.2, -0.15) is 0 Å². The smallest absolute Gasteiger partial charge is 0.251 e. The Morgan fingerprint density at radius 3 is 2.48 bits per heavy atom. The minimum absolute atomic E-state index is 0.0830. The molecule has 1 amide bonds. The highest BCUT2D eigenvalue weighted by Gasteiger charge is 2.21. The maximum absolute atomic E-state index is 12.3. The predicted octanol–water partition coefficient (Wildman–Crippen LogP) is 3.41. The van der Waals surface area contributed by atoms with E-state index in [2.05, 4.69) is 17.4 Å². The van der Waals surface area contributed by atoms with E-state index in [1.54, 1.807) is 24.3 Å². The van der Waals surface area contributed by atoms with Crippen LogP contribution in [0.25, 0.3) is 0 Å². The first-order valence-corrected chi connectivity index (χ1v) is 7.18. The van der Waals surface area contributed by atoms with Gasteiger partial charge in [0.15, 0.2) is 0 Å². The van der Waals surface area contributed by atoms with Gasteiger partial charge in [0.25, 0.3) is 5.91 Å². The number of nitrogens with one attached hydrogen (secondary N) is 1. The molecule has 21 heavy (non-hydrogen) atoms. The van der Waals surface area contributed by atoms with Gasteiger partial charge in [0, 0.05) is 16.8 Å². The van der Waals surface area contributed by atoms with Crippen molar-refractivity contribution in [2.45, 2.75) is 32.2 Å². The largest absolute Gasteiger partial charge is 0.399 e. The van der Waals surface area contributed by atoms with Crippen LogP contribution < -0.4 is 11.1 Å². The Morgan fingerprint density at radius 2 is 1.81 bits per heavy atom. The molecule has 0 spiro atoms. The van der Waals surface area contributed by atoms with Gasteiger partial charge in [-0.05, 0) is 50.5 Å². The zero-order chi connectivity index (χ0) is 15.3. The molecule has 0 fully saturated rings. The van der Waals surface area contributed by atoms with E-state index < -0.39 is 0 Å². The van der Waals surface area contributed by atoms with Crippen molar-refractivity contribution in [3.8, 4) is 0 Å². The molecule has 0 radical (unpaired) electrons. The van der Waals surface area contributed by atoms with E-state index in [1.807, 2.05) is 32.0 Å². The van der Waals surface area contributed by atoms with Crippen LogP contribution in [0.2, 0.25) is 0 Å². The van der Waals surface area contributed by atoms with Crippen molar-refractivity contribution in [2.75, 3.05) is 5.73 Å². The second-order valence-corrected chi connectivity index (χ2v) is 5.95. The van der Waals surface area contributed by atoms with Crippen LogP contribution in [-0.4, -0.2) is 11.4 Å². The third kappa shape index (κ3) is 4.63. The molecule has 0 aliphatic rings. The molecule has 0 unspecified atom stereocenters. The van der Waals surface area contributed by atoms with Gasteiger partial charge in [-0.3, -0.25) is 4.79 Å². The van der Waals surface area contributed by atoms with E-state index in [-0.39, 0.29) is 11.4 Å². The Hall–Kier alpha value is -2.29. The number of nitrogens with two attached hydrogens (primary N) is 1. The fourth-order valence-corrected chi connectivity index (χ4v) is 2.22. The molecular weight excluding hydrogens is 260 g/mol. The summed E-state index contributed by atoms with van der Waals surface area (Å²) in [4.78, 5) is 12.3. The van der Waals surface area contributed by atoms with E-state index >= 15 is 0 Å². The van der Waals surface area contributed by atoms with Crippen molar-refractivity contribution in [3.63, 3.8) is 0 Å². The summed E-state index contributed by atoms with van der Waals surface area (Å²) in [5.74, 6) is -0.0830. The first-order chi connectivity index (χ1) is 9.96. The molecule has 3 N–H and O–H groups in total. The zero-order valence-electron chi connectivity index (χ0n) is 12.6. The van der Waals surface area contributed by atoms with Crippen LogP contribution in [0.15, 0.2) is 54.6 Å². The molecule has 0 bridgehead atoms. The van der Waals surface area contributed by atoms with Gasteiger partial charge in [0.2, 0.25) is 0 Å². The molecule has 110 valence electrons. The fourth-order valence-electron chi connectivity index (χ4n) is 2.22. The molecule has 0 saturated heterocycles. The van der Waals surface area contributed by atoms with E-state index in [1.165, 1.54) is 5.56 Å². The van der Waals surface area contributed by atoms with Crippen molar-refractivity contribution in [1.82, 2.24) is 5.32 Å². The Balaban J connectivity index is 1.95. The third-order valence-corrected chi connectivity index (χ3v) is 3.48. The van der Waals surface area contributed by atoms with Crippen LogP contribution in [0.4, 0.5) is 5.69 Å². The lowest BCUT2D eigenvalue weighted by Gasteiger charge is -2.26. The van der Waals surface area contributed by atoms with Gasteiger partial charge in [0.05, 0.1) is 0 Å². The third-order valence-electron chi connectivity index (χ3n) is 3.48. The average molecular weight is 282 g/mol. The lowest BCUT2D eigenvalue weighted by Crippen LogP contribution is -2.43. The molecule has 3 heteroatoms. The van der Waals surface area contributed by atoms with Crippen LogP contribution in [0, 0.1) is 0 Å². The summed E-state index contributed by atoms with van der Waals surface area (Å²) in [5.41, 5.74) is 7.93. The maximum Gasteiger partial charge on any atom is 0.251 e. The highest BCUT2D eigenvalue weighted by molar-refractivity contribution is 5.95. The number of benzene rings is 2. The quantitative estimate of drug-likeness (QED) is 0.826. The van der Waals surface area contributed by atoms with E-state index in [0.29, 0.717) is 11.3 Å². The number of amides is 1. The minimum Gasteiger partial charge on any atom is -0.399 e. The summed E-state index contributed by atoms with van der Waals surface area (Å²) in [6.07, 6.45) is 1.82. The number of hydrogen-bond acceptors (Lipinski definition) is 2. The molecular formula is C18H22N2O. The molecule has 2 aromatic rings. The Labute approximate surface area is 126 Å². The molecule has 2 rings (SSSR count). The fraction of sp³-hybridized carbons (Fsp3) is 0.278. The molecule has 0 heterocycles. The van der Waals surface area contributed by atoms with Crippen LogP contribution >= 0.6 is 0 Å². The molecule has 0 saturated carbocycles. The number of aryl methyl sites for hydroxylation is 1. The number of carbonyl (C=O) groups is 1. The van der Waals surface area contributed by atoms with Gasteiger partial charge in [-0.25, -0.2) is 0 Å². The van der Waals surface area contributed by atoms with Gasteiger partial charge in [-0.15, -0.1) is 0 Å². The first kappa shape index (κ1) is 15.1. The summed E-state index contributed by atoms with van der Waals surface area (Å²) in [6, 6.07) is 17.3. The summed E-state index contributed by atoms with van der Waals surface area (Å²) in [5, 5.41) is 3.08. The number of nitrogen functional groups attached to an aromatic ring is 1. The summed E-state index contributed by atoms with van der Waals surface area (Å²) >= 11 is 0. The van der Waals surface area contributed by atoms with Crippen LogP contribution in [0.1, 0.15) is 36.2 Å². The number of rotatable bonds is 5. The monoisotopic (exact) mass is 282 g/mol. The highest BCUT2D eigenvalue weighted by Crippen LogP contribution is 2.15. The van der Waals surface area contributed by atoms with Crippen LogP contribution in [0.5, 0.6) is 0 Å². The molecule has 0 aliphatic carbocycles. The van der Waals surface area contributed by atoms with Gasteiger partial charge >= 0.3 is 0 Å². The van der Waals surface area contributed by atoms with E-state index in [9.17, 15) is 4.79 Å². The van der Waals surface area contributed by atoms with Crippen molar-refractivity contribution in [1.29, 1.82) is 0 Å². The lowest BCUT2D eigenvalue weighted by atomic mass is 9.95. The van der Waals surface area contributed by atoms with Crippen molar-refractivity contribution >= 4 is 11.6 Å². The van der Waals surface area contributed by atoms with Gasteiger partial charge < -0.3 is 11.1 Å². The Kier molecular flexibility index (Phi) is 4.63. The molecule has 0 aliphatic heterocycles. The lowest BCUT2D eigenvalue weighted by molar-refractivity contribution is 0.0909. The van der Waals surface area contributed by atoms with Crippen molar-refractivity contribution < 1.29 is 4.79 Å². The molecule has 0 aromatic heterocycles. The molecule has 0 atom stereocenters. The Morgan fingerprint density at radius 1 is 1.10 bits per heavy atom. The number of carbonyl (C=O) groups excluding carboxylic acids is 1. The summed E-state index contributed by atoms with van der Waals surface area (Å²) in [7, 11) is 0. The predicted molar refractivity (Wildman–Crippen MR) is 87.2 cm³/mol. The molecule has 2 aromatic carbocycles. The summed E-state index contributed by atoms with van der Waals surface area (Å²) in [6.45, 7) is 4.08. The normalized spacial score (nSPS) is 11.1. The van der Waals surface area contributed by atoms with Crippen molar-refractivity contribution in [3.05, 3.63) is 65.7 Å². The van der Waals surface area contributed by atoms with Gasteiger partial charge in [0.1, 0.15) is 0 Å². The summed E-state index contributed by atoms with van der Waals surface area (Å²) < 4.78 is 0. The van der Waals surface area contributed by atoms with Crippen LogP contribution in [0.3, 0.4) is 0 Å². The first-order valence-electron chi connectivity index (χ1n) is 7.18. The highest BCUT2D eigenvalue weighted by atomic mass is 16.1. The second-order valence-electron chi connectivity index (χ2n) is 5.95. The zero-order valence-corrected chi connectivity index (χ0v) is 12.6. The van der Waals surface area contributed by atoms with Crippen molar-refractivity contribution in [2.24, 2.45) is 0 Å². The SMILES string of the molecule is CC(C)(CCc1ccccc1)NC(=O)c1cccc(N)c1. The minimum atomic E-state index is -0.266. The van der Waals surface area contributed by atoms with E-state index in [4.69, 9.17) is 5.73 Å². The standard InChI is InChI=1S/C18H22N2O/c1-18(2,12-11-14-7-4-3-5-8-14)20-17(21)15-9-6-10-16(19)13-15/h3-10,13H,11-12,19H2,1-2H3,(H,20,21). The van der Waals surface area contributed by atoms with Gasteiger partial charge in [-0.1, -0.05) is 36.4 Å². The molecule has 3 nitrogen and oxygen atoms in total. The number of hydrogen-bond donors (Lipinski definition) is 2. The van der Waals surface area contributed by atoms with E-state index in [0.717, 1.165) is 12.8 Å². The second kappa shape index (κ2) is 6.44. The average Bonchev–Trinajstić information content (AvgIpc) is 2.46. The topological polar surface area (TPSA) is 55.1 Å². The van der Waals surface area contributed by atoms with Crippen LogP contribution in [-0.2, 0) is 6.42 Å². The maximum atomic E-state index is 12.3.